The molecule has 0 spiro atoms. The van der Waals surface area contributed by atoms with E-state index in [0.29, 0.717) is 18.7 Å². The topological polar surface area (TPSA) is 70.6 Å². The van der Waals surface area contributed by atoms with Gasteiger partial charge in [-0.1, -0.05) is 6.07 Å². The third kappa shape index (κ3) is 6.94. The summed E-state index contributed by atoms with van der Waals surface area (Å²) in [5.41, 5.74) is 0. The molecular weight excluding hydrogens is 263 g/mol. The summed E-state index contributed by atoms with van der Waals surface area (Å²) in [6.45, 7) is 2.59. The summed E-state index contributed by atoms with van der Waals surface area (Å²) in [5.74, 6) is 0.0782. The molecule has 1 rings (SSSR count). The molecule has 0 radical (unpaired) electrons. The molecule has 0 saturated heterocycles. The van der Waals surface area contributed by atoms with E-state index in [-0.39, 0.29) is 31.1 Å². The Morgan fingerprint density at radius 1 is 1.50 bits per heavy atom. The Labute approximate surface area is 118 Å². The molecule has 0 aliphatic carbocycles. The fourth-order valence-corrected chi connectivity index (χ4v) is 1.63. The van der Waals surface area contributed by atoms with Crippen molar-refractivity contribution in [2.24, 2.45) is 0 Å². The number of halogens is 1. The second-order valence-electron chi connectivity index (χ2n) is 4.47. The number of urea groups is 1. The van der Waals surface area contributed by atoms with Crippen LogP contribution in [0.3, 0.4) is 0 Å². The Morgan fingerprint density at radius 2 is 2.30 bits per heavy atom. The van der Waals surface area contributed by atoms with E-state index in [4.69, 9.17) is 9.84 Å². The molecule has 2 amide bonds. The lowest BCUT2D eigenvalue weighted by Gasteiger charge is -2.14. The Hall–Kier alpha value is -1.82. The van der Waals surface area contributed by atoms with Crippen LogP contribution in [-0.2, 0) is 0 Å². The highest BCUT2D eigenvalue weighted by molar-refractivity contribution is 5.74. The third-order valence-electron chi connectivity index (χ3n) is 2.63. The number of aliphatic hydroxyl groups is 1. The van der Waals surface area contributed by atoms with Crippen LogP contribution < -0.4 is 15.4 Å². The number of amides is 2. The summed E-state index contributed by atoms with van der Waals surface area (Å²) < 4.78 is 18.2. The van der Waals surface area contributed by atoms with Crippen LogP contribution in [0.1, 0.15) is 19.8 Å². The molecule has 0 heterocycles. The Morgan fingerprint density at radius 3 is 3.00 bits per heavy atom. The Kier molecular flexibility index (Phi) is 7.42. The molecule has 1 atom stereocenters. The van der Waals surface area contributed by atoms with Crippen LogP contribution in [0.4, 0.5) is 9.18 Å². The highest BCUT2D eigenvalue weighted by Crippen LogP contribution is 2.11. The first-order valence-corrected chi connectivity index (χ1v) is 6.65. The van der Waals surface area contributed by atoms with E-state index in [1.165, 1.54) is 12.1 Å². The zero-order chi connectivity index (χ0) is 14.8. The van der Waals surface area contributed by atoms with Crippen LogP contribution in [-0.4, -0.2) is 36.9 Å². The third-order valence-corrected chi connectivity index (χ3v) is 2.63. The van der Waals surface area contributed by atoms with Crippen molar-refractivity contribution in [1.82, 2.24) is 10.6 Å². The van der Waals surface area contributed by atoms with Crippen molar-refractivity contribution >= 4 is 6.03 Å². The van der Waals surface area contributed by atoms with E-state index in [1.807, 2.05) is 6.92 Å². The van der Waals surface area contributed by atoms with Crippen LogP contribution in [0, 0.1) is 5.82 Å². The van der Waals surface area contributed by atoms with Gasteiger partial charge in [0.05, 0.1) is 6.54 Å². The fraction of sp³-hybridized carbons (Fsp3) is 0.500. The Bertz CT molecular complexity index is 415. The van der Waals surface area contributed by atoms with E-state index >= 15 is 0 Å². The number of carbonyl (C=O) groups excluding carboxylic acids is 1. The minimum absolute atomic E-state index is 0.00582. The zero-order valence-corrected chi connectivity index (χ0v) is 11.6. The zero-order valence-electron chi connectivity index (χ0n) is 11.6. The SMILES string of the molecule is CC(CCCO)NC(=O)NCCOc1cccc(F)c1. The molecule has 0 saturated carbocycles. The van der Waals surface area contributed by atoms with Gasteiger partial charge in [0.25, 0.3) is 0 Å². The molecule has 0 aromatic heterocycles. The van der Waals surface area contributed by atoms with Gasteiger partial charge in [-0.25, -0.2) is 9.18 Å². The van der Waals surface area contributed by atoms with E-state index < -0.39 is 0 Å². The minimum Gasteiger partial charge on any atom is -0.492 e. The number of hydrogen-bond acceptors (Lipinski definition) is 3. The normalized spacial score (nSPS) is 11.8. The second-order valence-corrected chi connectivity index (χ2v) is 4.47. The summed E-state index contributed by atoms with van der Waals surface area (Å²) >= 11 is 0. The summed E-state index contributed by atoms with van der Waals surface area (Å²) in [6.07, 6.45) is 1.38. The van der Waals surface area contributed by atoms with Gasteiger partial charge >= 0.3 is 6.03 Å². The van der Waals surface area contributed by atoms with Gasteiger partial charge in [-0.05, 0) is 31.9 Å². The molecule has 3 N–H and O–H groups in total. The van der Waals surface area contributed by atoms with Gasteiger partial charge in [-0.2, -0.15) is 0 Å². The summed E-state index contributed by atoms with van der Waals surface area (Å²) in [4.78, 5) is 11.5. The largest absolute Gasteiger partial charge is 0.492 e. The van der Waals surface area contributed by atoms with Crippen molar-refractivity contribution < 1.29 is 19.0 Å². The van der Waals surface area contributed by atoms with Gasteiger partial charge in [-0.15, -0.1) is 0 Å². The van der Waals surface area contributed by atoms with Crippen molar-refractivity contribution in [2.45, 2.75) is 25.8 Å². The van der Waals surface area contributed by atoms with E-state index in [1.54, 1.807) is 12.1 Å². The van der Waals surface area contributed by atoms with Crippen molar-refractivity contribution in [3.8, 4) is 5.75 Å². The van der Waals surface area contributed by atoms with Gasteiger partial charge in [0, 0.05) is 18.7 Å². The van der Waals surface area contributed by atoms with Gasteiger partial charge in [0.2, 0.25) is 0 Å². The predicted molar refractivity (Wildman–Crippen MR) is 74.2 cm³/mol. The van der Waals surface area contributed by atoms with Gasteiger partial charge in [-0.3, -0.25) is 0 Å². The standard InChI is InChI=1S/C14H21FN2O3/c1-11(4-3-8-18)17-14(19)16-7-9-20-13-6-2-5-12(15)10-13/h2,5-6,10-11,18H,3-4,7-9H2,1H3,(H2,16,17,19). The van der Waals surface area contributed by atoms with Crippen LogP contribution in [0.5, 0.6) is 5.75 Å². The summed E-state index contributed by atoms with van der Waals surface area (Å²) in [5, 5.41) is 14.1. The maximum Gasteiger partial charge on any atom is 0.315 e. The minimum atomic E-state index is -0.356. The molecule has 5 nitrogen and oxygen atoms in total. The highest BCUT2D eigenvalue weighted by atomic mass is 19.1. The Balaban J connectivity index is 2.13. The van der Waals surface area contributed by atoms with Crippen LogP contribution >= 0.6 is 0 Å². The van der Waals surface area contributed by atoms with Gasteiger partial charge < -0.3 is 20.5 Å². The lowest BCUT2D eigenvalue weighted by Crippen LogP contribution is -2.42. The van der Waals surface area contributed by atoms with Crippen molar-refractivity contribution in [3.63, 3.8) is 0 Å². The van der Waals surface area contributed by atoms with Crippen molar-refractivity contribution in [1.29, 1.82) is 0 Å². The molecule has 0 aliphatic rings. The number of nitrogens with one attached hydrogen (secondary N) is 2. The van der Waals surface area contributed by atoms with E-state index in [0.717, 1.165) is 6.42 Å². The number of rotatable bonds is 8. The fourth-order valence-electron chi connectivity index (χ4n) is 1.63. The molecule has 0 aliphatic heterocycles. The monoisotopic (exact) mass is 284 g/mol. The van der Waals surface area contributed by atoms with Crippen molar-refractivity contribution in [3.05, 3.63) is 30.1 Å². The van der Waals surface area contributed by atoms with Crippen LogP contribution in [0.25, 0.3) is 0 Å². The molecule has 6 heteroatoms. The van der Waals surface area contributed by atoms with Crippen LogP contribution in [0.15, 0.2) is 24.3 Å². The molecule has 0 fully saturated rings. The first-order valence-electron chi connectivity index (χ1n) is 6.65. The van der Waals surface area contributed by atoms with Gasteiger partial charge in [0.15, 0.2) is 0 Å². The first kappa shape index (κ1) is 16.2. The lowest BCUT2D eigenvalue weighted by molar-refractivity contribution is 0.230. The van der Waals surface area contributed by atoms with Gasteiger partial charge in [0.1, 0.15) is 18.2 Å². The number of ether oxygens (including phenoxy) is 1. The van der Waals surface area contributed by atoms with E-state index in [2.05, 4.69) is 10.6 Å². The number of aliphatic hydroxyl groups excluding tert-OH is 1. The molecule has 1 aromatic carbocycles. The summed E-state index contributed by atoms with van der Waals surface area (Å²) in [7, 11) is 0. The second kappa shape index (κ2) is 9.14. The molecule has 1 aromatic rings. The lowest BCUT2D eigenvalue weighted by atomic mass is 10.2. The molecule has 20 heavy (non-hydrogen) atoms. The molecular formula is C14H21FN2O3. The molecule has 1 unspecified atom stereocenters. The maximum atomic E-state index is 12.9. The smallest absolute Gasteiger partial charge is 0.315 e. The average Bonchev–Trinajstić information content (AvgIpc) is 2.41. The number of benzene rings is 1. The number of hydrogen-bond donors (Lipinski definition) is 3. The molecule has 0 bridgehead atoms. The number of carbonyl (C=O) groups is 1. The quantitative estimate of drug-likeness (QED) is 0.636. The van der Waals surface area contributed by atoms with Crippen molar-refractivity contribution in [2.75, 3.05) is 19.8 Å². The molecule has 112 valence electrons. The highest BCUT2D eigenvalue weighted by Gasteiger charge is 2.05. The summed E-state index contributed by atoms with van der Waals surface area (Å²) in [6, 6.07) is 5.57. The first-order chi connectivity index (χ1) is 9.61. The predicted octanol–water partition coefficient (Wildman–Crippen LogP) is 1.66. The average molecular weight is 284 g/mol. The van der Waals surface area contributed by atoms with E-state index in [9.17, 15) is 9.18 Å². The maximum absolute atomic E-state index is 12.9. The van der Waals surface area contributed by atoms with Crippen LogP contribution in [0.2, 0.25) is 0 Å².